The zero-order valence-corrected chi connectivity index (χ0v) is 20.1. The van der Waals surface area contributed by atoms with Gasteiger partial charge in [-0.3, -0.25) is 19.5 Å². The fraction of sp³-hybridized carbons (Fsp3) is 0.208. The summed E-state index contributed by atoms with van der Waals surface area (Å²) in [5, 5.41) is 11.4. The Morgan fingerprint density at radius 3 is 2.54 bits per heavy atom. The number of nitro benzene ring substituents is 1. The largest absolute Gasteiger partial charge is 0.493 e. The van der Waals surface area contributed by atoms with E-state index < -0.39 is 22.5 Å². The summed E-state index contributed by atoms with van der Waals surface area (Å²) in [6.45, 7) is 1.64. The number of non-ortho nitro benzene ring substituents is 1. The second-order valence-corrected chi connectivity index (χ2v) is 8.55. The molecule has 2 heterocycles. The number of aromatic nitrogens is 1. The van der Waals surface area contributed by atoms with Crippen LogP contribution in [0.25, 0.3) is 6.08 Å². The molecule has 0 bridgehead atoms. The fourth-order valence-electron chi connectivity index (χ4n) is 3.91. The minimum atomic E-state index is -0.939. The number of nitro groups is 1. The van der Waals surface area contributed by atoms with Crippen LogP contribution in [0.1, 0.15) is 24.1 Å². The van der Waals surface area contributed by atoms with Gasteiger partial charge in [-0.1, -0.05) is 29.5 Å². The monoisotopic (exact) mass is 495 g/mol. The lowest BCUT2D eigenvalue weighted by molar-refractivity contribution is -0.384. The third-order valence-electron chi connectivity index (χ3n) is 5.53. The number of hydrogen-bond donors (Lipinski definition) is 0. The fourth-order valence-corrected chi connectivity index (χ4v) is 4.96. The summed E-state index contributed by atoms with van der Waals surface area (Å²) >= 11 is 1.15. The predicted molar refractivity (Wildman–Crippen MR) is 128 cm³/mol. The Kier molecular flexibility index (Phi) is 6.52. The Labute approximate surface area is 203 Å². The Hall–Kier alpha value is -4.25. The third-order valence-corrected chi connectivity index (χ3v) is 6.51. The average Bonchev–Trinajstić information content (AvgIpc) is 3.16. The minimum absolute atomic E-state index is 0.137. The summed E-state index contributed by atoms with van der Waals surface area (Å²) in [5.74, 6) is 0.388. The van der Waals surface area contributed by atoms with E-state index in [-0.39, 0.29) is 11.3 Å². The summed E-state index contributed by atoms with van der Waals surface area (Å²) in [6.07, 6.45) is 1.69. The highest BCUT2D eigenvalue weighted by molar-refractivity contribution is 7.07. The van der Waals surface area contributed by atoms with Gasteiger partial charge in [0.2, 0.25) is 0 Å². The van der Waals surface area contributed by atoms with E-state index in [1.54, 1.807) is 37.3 Å². The molecule has 3 aromatic rings. The van der Waals surface area contributed by atoms with Crippen molar-refractivity contribution in [3.63, 3.8) is 0 Å². The SMILES string of the molecule is COC(=O)C1=C(C)N=c2s/c(=C/c3ccc(OC)c(OC)c3)c(=O)n2[C@@H]1c1cccc([N+](=O)[O-])c1. The molecule has 0 radical (unpaired) electrons. The quantitative estimate of drug-likeness (QED) is 0.292. The molecule has 0 unspecified atom stereocenters. The normalized spacial score (nSPS) is 15.3. The standard InChI is InChI=1S/C24H21N3O7S/c1-13-20(23(29)34-4)21(15-6-5-7-16(12-15)27(30)31)26-22(28)19(35-24(26)25-13)11-14-8-9-17(32-2)18(10-14)33-3/h5-12,21H,1-4H3/b19-11+/t21-/m1/s1. The summed E-state index contributed by atoms with van der Waals surface area (Å²) in [5.41, 5.74) is 1.05. The number of allylic oxidation sites excluding steroid dienone is 1. The molecule has 0 fully saturated rings. The molecular formula is C24H21N3O7S. The highest BCUT2D eigenvalue weighted by Gasteiger charge is 2.33. The molecule has 1 aromatic heterocycles. The van der Waals surface area contributed by atoms with Crippen molar-refractivity contribution in [2.75, 3.05) is 21.3 Å². The molecule has 0 saturated carbocycles. The highest BCUT2D eigenvalue weighted by Crippen LogP contribution is 2.32. The van der Waals surface area contributed by atoms with Crippen molar-refractivity contribution in [2.45, 2.75) is 13.0 Å². The number of carbonyl (C=O) groups is 1. The second-order valence-electron chi connectivity index (χ2n) is 7.54. The lowest BCUT2D eigenvalue weighted by atomic mass is 9.95. The summed E-state index contributed by atoms with van der Waals surface area (Å²) < 4.78 is 17.3. The van der Waals surface area contributed by atoms with E-state index >= 15 is 0 Å². The number of benzene rings is 2. The van der Waals surface area contributed by atoms with E-state index in [0.29, 0.717) is 37.7 Å². The molecular weight excluding hydrogens is 474 g/mol. The number of hydrogen-bond acceptors (Lipinski definition) is 9. The van der Waals surface area contributed by atoms with Crippen LogP contribution in [0.5, 0.6) is 11.5 Å². The first-order valence-corrected chi connectivity index (χ1v) is 11.2. The van der Waals surface area contributed by atoms with Crippen molar-refractivity contribution in [3.8, 4) is 11.5 Å². The van der Waals surface area contributed by atoms with Crippen LogP contribution in [0.15, 0.2) is 63.5 Å². The number of rotatable bonds is 6. The van der Waals surface area contributed by atoms with Gasteiger partial charge in [-0.25, -0.2) is 9.79 Å². The molecule has 11 heteroatoms. The van der Waals surface area contributed by atoms with Gasteiger partial charge in [-0.15, -0.1) is 0 Å². The topological polar surface area (TPSA) is 122 Å². The van der Waals surface area contributed by atoms with Gasteiger partial charge in [0.25, 0.3) is 11.2 Å². The smallest absolute Gasteiger partial charge is 0.338 e. The first kappa shape index (κ1) is 23.9. The summed E-state index contributed by atoms with van der Waals surface area (Å²) in [7, 11) is 4.28. The number of esters is 1. The van der Waals surface area contributed by atoms with E-state index in [2.05, 4.69) is 4.99 Å². The maximum atomic E-state index is 13.6. The van der Waals surface area contributed by atoms with Crippen LogP contribution in [-0.4, -0.2) is 36.8 Å². The van der Waals surface area contributed by atoms with Gasteiger partial charge in [0.15, 0.2) is 16.3 Å². The van der Waals surface area contributed by atoms with E-state index in [9.17, 15) is 19.7 Å². The van der Waals surface area contributed by atoms with Crippen LogP contribution in [-0.2, 0) is 9.53 Å². The molecule has 0 spiro atoms. The Morgan fingerprint density at radius 2 is 1.89 bits per heavy atom. The molecule has 1 aliphatic heterocycles. The van der Waals surface area contributed by atoms with Crippen LogP contribution >= 0.6 is 11.3 Å². The van der Waals surface area contributed by atoms with E-state index in [4.69, 9.17) is 14.2 Å². The molecule has 0 N–H and O–H groups in total. The summed E-state index contributed by atoms with van der Waals surface area (Å²) in [6, 6.07) is 10.1. The Balaban J connectivity index is 1.96. The van der Waals surface area contributed by atoms with E-state index in [1.807, 2.05) is 0 Å². The molecule has 2 aromatic carbocycles. The molecule has 1 atom stereocenters. The first-order valence-electron chi connectivity index (χ1n) is 10.4. The molecule has 180 valence electrons. The maximum absolute atomic E-state index is 13.6. The summed E-state index contributed by atoms with van der Waals surface area (Å²) in [4.78, 5) is 42.0. The lowest BCUT2D eigenvalue weighted by Crippen LogP contribution is -2.39. The van der Waals surface area contributed by atoms with Crippen molar-refractivity contribution >= 4 is 29.1 Å². The van der Waals surface area contributed by atoms with Gasteiger partial charge in [-0.2, -0.15) is 0 Å². The van der Waals surface area contributed by atoms with E-state index in [1.165, 1.54) is 44.1 Å². The second kappa shape index (κ2) is 9.55. The van der Waals surface area contributed by atoms with E-state index in [0.717, 1.165) is 11.3 Å². The van der Waals surface area contributed by atoms with Gasteiger partial charge >= 0.3 is 5.97 Å². The van der Waals surface area contributed by atoms with Crippen molar-refractivity contribution in [1.82, 2.24) is 4.57 Å². The zero-order chi connectivity index (χ0) is 25.3. The Morgan fingerprint density at radius 1 is 1.14 bits per heavy atom. The molecule has 4 rings (SSSR count). The van der Waals surface area contributed by atoms with Gasteiger partial charge in [0.1, 0.15) is 0 Å². The minimum Gasteiger partial charge on any atom is -0.493 e. The van der Waals surface area contributed by atoms with Gasteiger partial charge in [0, 0.05) is 12.1 Å². The van der Waals surface area contributed by atoms with Crippen LogP contribution in [0.2, 0.25) is 0 Å². The van der Waals surface area contributed by atoms with Crippen molar-refractivity contribution < 1.29 is 23.9 Å². The Bertz CT molecular complexity index is 1550. The molecule has 1 aliphatic rings. The molecule has 0 aliphatic carbocycles. The number of thiazole rings is 1. The number of carbonyl (C=O) groups excluding carboxylic acids is 1. The number of methoxy groups -OCH3 is 3. The number of nitrogens with zero attached hydrogens (tertiary/aromatic N) is 3. The third kappa shape index (κ3) is 4.33. The molecule has 0 amide bonds. The van der Waals surface area contributed by atoms with Gasteiger partial charge in [-0.05, 0) is 36.3 Å². The average molecular weight is 496 g/mol. The van der Waals surface area contributed by atoms with Crippen LogP contribution in [0.3, 0.4) is 0 Å². The van der Waals surface area contributed by atoms with Crippen molar-refractivity contribution in [3.05, 3.63) is 94.7 Å². The van der Waals surface area contributed by atoms with Crippen LogP contribution < -0.4 is 24.4 Å². The lowest BCUT2D eigenvalue weighted by Gasteiger charge is -2.24. The highest BCUT2D eigenvalue weighted by atomic mass is 32.1. The van der Waals surface area contributed by atoms with Crippen LogP contribution in [0.4, 0.5) is 5.69 Å². The van der Waals surface area contributed by atoms with Crippen molar-refractivity contribution in [1.29, 1.82) is 0 Å². The van der Waals surface area contributed by atoms with Gasteiger partial charge < -0.3 is 14.2 Å². The molecule has 0 saturated heterocycles. The number of fused-ring (bicyclic) bond motifs is 1. The molecule has 35 heavy (non-hydrogen) atoms. The number of ether oxygens (including phenoxy) is 3. The first-order chi connectivity index (χ1) is 16.8. The predicted octanol–water partition coefficient (Wildman–Crippen LogP) is 2.33. The van der Waals surface area contributed by atoms with Gasteiger partial charge in [0.05, 0.1) is 48.1 Å². The van der Waals surface area contributed by atoms with Crippen LogP contribution in [0, 0.1) is 10.1 Å². The van der Waals surface area contributed by atoms with Crippen molar-refractivity contribution in [2.24, 2.45) is 4.99 Å². The molecule has 10 nitrogen and oxygen atoms in total. The maximum Gasteiger partial charge on any atom is 0.338 e. The zero-order valence-electron chi connectivity index (χ0n) is 19.3.